The van der Waals surface area contributed by atoms with E-state index in [-0.39, 0.29) is 10.5 Å². The maximum atomic E-state index is 11.2. The van der Waals surface area contributed by atoms with Gasteiger partial charge in [0.05, 0.1) is 20.6 Å². The molecular weight excluding hydrogens is 270 g/mol. The topological polar surface area (TPSA) is 97.1 Å². The van der Waals surface area contributed by atoms with Crippen LogP contribution in [0.1, 0.15) is 6.42 Å². The third-order valence-corrected chi connectivity index (χ3v) is 1.90. The van der Waals surface area contributed by atoms with E-state index in [1.54, 1.807) is 0 Å². The number of hydrogen-bond acceptors (Lipinski definition) is 9. The SMILES string of the molecule is COC(=S)OC(=O)CC(N)C(=O)OC(=S)OC. The van der Waals surface area contributed by atoms with Gasteiger partial charge < -0.3 is 24.7 Å². The molecule has 0 radical (unpaired) electrons. The van der Waals surface area contributed by atoms with E-state index in [9.17, 15) is 9.59 Å². The van der Waals surface area contributed by atoms with Crippen LogP contribution in [0.5, 0.6) is 0 Å². The minimum absolute atomic E-state index is 0.358. The number of rotatable bonds is 3. The Labute approximate surface area is 108 Å². The molecule has 0 aliphatic carbocycles. The molecule has 0 aliphatic rings. The van der Waals surface area contributed by atoms with Crippen LogP contribution in [0.4, 0.5) is 0 Å². The second-order valence-electron chi connectivity index (χ2n) is 2.61. The lowest BCUT2D eigenvalue weighted by atomic mass is 10.2. The lowest BCUT2D eigenvalue weighted by molar-refractivity contribution is -0.144. The second-order valence-corrected chi connectivity index (χ2v) is 3.28. The van der Waals surface area contributed by atoms with Crippen LogP contribution in [0, 0.1) is 0 Å². The van der Waals surface area contributed by atoms with Gasteiger partial charge in [-0.1, -0.05) is 0 Å². The molecule has 0 spiro atoms. The summed E-state index contributed by atoms with van der Waals surface area (Å²) in [4.78, 5) is 22.4. The summed E-state index contributed by atoms with van der Waals surface area (Å²) in [5.41, 5.74) is 5.36. The summed E-state index contributed by atoms with van der Waals surface area (Å²) in [5, 5.41) is -0.741. The van der Waals surface area contributed by atoms with Crippen LogP contribution in [0.3, 0.4) is 0 Å². The Morgan fingerprint density at radius 3 is 2.06 bits per heavy atom. The molecule has 1 unspecified atom stereocenters. The van der Waals surface area contributed by atoms with E-state index >= 15 is 0 Å². The number of nitrogens with two attached hydrogens (primary N) is 1. The van der Waals surface area contributed by atoms with E-state index in [1.165, 1.54) is 14.2 Å². The minimum atomic E-state index is -1.23. The largest absolute Gasteiger partial charge is 0.460 e. The Bertz CT molecular complexity index is 332. The van der Waals surface area contributed by atoms with Crippen molar-refractivity contribution in [1.29, 1.82) is 0 Å². The zero-order valence-corrected chi connectivity index (χ0v) is 10.8. The van der Waals surface area contributed by atoms with Gasteiger partial charge in [-0.15, -0.1) is 0 Å². The summed E-state index contributed by atoms with van der Waals surface area (Å²) in [5.74, 6) is -1.72. The van der Waals surface area contributed by atoms with Crippen LogP contribution < -0.4 is 5.73 Å². The molecule has 9 heteroatoms. The van der Waals surface area contributed by atoms with E-state index < -0.39 is 24.4 Å². The van der Waals surface area contributed by atoms with Gasteiger partial charge in [0.2, 0.25) is 0 Å². The second kappa shape index (κ2) is 7.87. The number of carbonyl (C=O) groups is 2. The standard InChI is InChI=1S/C8H11NO6S2/c1-12-7(16)14-5(10)3-4(9)6(11)15-8(17)13-2/h4H,3,9H2,1-2H3. The maximum Gasteiger partial charge on any atom is 0.359 e. The Balaban J connectivity index is 4.11. The monoisotopic (exact) mass is 281 g/mol. The summed E-state index contributed by atoms with van der Waals surface area (Å²) >= 11 is 8.95. The molecule has 0 heterocycles. The molecule has 7 nitrogen and oxygen atoms in total. The first-order chi connectivity index (χ1) is 7.90. The highest BCUT2D eigenvalue weighted by atomic mass is 32.1. The molecule has 17 heavy (non-hydrogen) atoms. The summed E-state index contributed by atoms with van der Waals surface area (Å²) < 4.78 is 17.8. The highest BCUT2D eigenvalue weighted by molar-refractivity contribution is 7.80. The number of methoxy groups -OCH3 is 2. The number of hydrogen-bond donors (Lipinski definition) is 1. The van der Waals surface area contributed by atoms with Crippen LogP contribution in [0.2, 0.25) is 0 Å². The third kappa shape index (κ3) is 6.76. The molecule has 0 aromatic heterocycles. The Morgan fingerprint density at radius 2 is 1.59 bits per heavy atom. The van der Waals surface area contributed by atoms with Crippen molar-refractivity contribution in [3.05, 3.63) is 0 Å². The first kappa shape index (κ1) is 15.7. The smallest absolute Gasteiger partial charge is 0.359 e. The Kier molecular flexibility index (Phi) is 7.26. The van der Waals surface area contributed by atoms with Gasteiger partial charge in [-0.05, 0) is 0 Å². The Morgan fingerprint density at radius 1 is 1.12 bits per heavy atom. The van der Waals surface area contributed by atoms with E-state index in [0.29, 0.717) is 0 Å². The fourth-order valence-electron chi connectivity index (χ4n) is 0.639. The van der Waals surface area contributed by atoms with Gasteiger partial charge in [0.15, 0.2) is 0 Å². The zero-order chi connectivity index (χ0) is 13.4. The van der Waals surface area contributed by atoms with Gasteiger partial charge in [0, 0.05) is 24.4 Å². The van der Waals surface area contributed by atoms with Gasteiger partial charge in [-0.3, -0.25) is 4.79 Å². The van der Waals surface area contributed by atoms with E-state index in [4.69, 9.17) is 5.73 Å². The molecule has 0 bridgehead atoms. The number of ether oxygens (including phenoxy) is 4. The van der Waals surface area contributed by atoms with Gasteiger partial charge in [-0.25, -0.2) is 4.79 Å². The predicted octanol–water partition coefficient (Wildman–Crippen LogP) is -0.347. The van der Waals surface area contributed by atoms with Crippen LogP contribution in [-0.2, 0) is 28.5 Å². The predicted molar refractivity (Wildman–Crippen MR) is 64.0 cm³/mol. The van der Waals surface area contributed by atoms with Crippen molar-refractivity contribution in [1.82, 2.24) is 0 Å². The van der Waals surface area contributed by atoms with Crippen molar-refractivity contribution in [2.45, 2.75) is 12.5 Å². The van der Waals surface area contributed by atoms with Gasteiger partial charge >= 0.3 is 22.4 Å². The summed E-state index contributed by atoms with van der Waals surface area (Å²) in [6.07, 6.45) is -0.422. The normalized spacial score (nSPS) is 11.0. The number of esters is 2. The average molecular weight is 281 g/mol. The third-order valence-electron chi connectivity index (χ3n) is 1.40. The maximum absolute atomic E-state index is 11.2. The van der Waals surface area contributed by atoms with Crippen molar-refractivity contribution < 1.29 is 28.5 Å². The quantitative estimate of drug-likeness (QED) is 0.550. The molecule has 96 valence electrons. The highest BCUT2D eigenvalue weighted by Crippen LogP contribution is 1.98. The fraction of sp³-hybridized carbons (Fsp3) is 0.500. The van der Waals surface area contributed by atoms with Crippen molar-refractivity contribution in [2.75, 3.05) is 14.2 Å². The highest BCUT2D eigenvalue weighted by Gasteiger charge is 2.22. The van der Waals surface area contributed by atoms with Crippen LogP contribution in [0.15, 0.2) is 0 Å². The zero-order valence-electron chi connectivity index (χ0n) is 9.13. The molecule has 0 aromatic carbocycles. The molecule has 1 atom stereocenters. The molecule has 0 saturated carbocycles. The molecule has 0 aliphatic heterocycles. The van der Waals surface area contributed by atoms with Crippen molar-refractivity contribution >= 4 is 46.8 Å². The summed E-state index contributed by atoms with van der Waals surface area (Å²) in [7, 11) is 2.47. The van der Waals surface area contributed by atoms with Crippen molar-refractivity contribution in [3.8, 4) is 0 Å². The van der Waals surface area contributed by atoms with Crippen LogP contribution >= 0.6 is 24.4 Å². The number of thiocarbonyl (C=S) groups is 2. The fourth-order valence-corrected chi connectivity index (χ4v) is 0.814. The molecule has 0 fully saturated rings. The molecule has 0 amide bonds. The molecule has 0 aromatic rings. The molecule has 0 rings (SSSR count). The first-order valence-corrected chi connectivity index (χ1v) is 5.06. The van der Waals surface area contributed by atoms with E-state index in [2.05, 4.69) is 43.4 Å². The van der Waals surface area contributed by atoms with Gasteiger partial charge in [0.25, 0.3) is 0 Å². The Hall–Kier alpha value is -1.32. The average Bonchev–Trinajstić information content (AvgIpc) is 2.28. The first-order valence-electron chi connectivity index (χ1n) is 4.24. The van der Waals surface area contributed by atoms with Gasteiger partial charge in [0.1, 0.15) is 6.04 Å². The summed E-state index contributed by atoms with van der Waals surface area (Å²) in [6.45, 7) is 0. The summed E-state index contributed by atoms with van der Waals surface area (Å²) in [6, 6.07) is -1.23. The van der Waals surface area contributed by atoms with E-state index in [0.717, 1.165) is 0 Å². The van der Waals surface area contributed by atoms with Gasteiger partial charge in [-0.2, -0.15) is 0 Å². The minimum Gasteiger partial charge on any atom is -0.460 e. The molecule has 2 N–H and O–H groups in total. The van der Waals surface area contributed by atoms with Crippen LogP contribution in [-0.4, -0.2) is 42.7 Å². The lowest BCUT2D eigenvalue weighted by Crippen LogP contribution is -2.36. The molecule has 0 saturated heterocycles. The number of carbonyl (C=O) groups excluding carboxylic acids is 2. The molecular formula is C8H11NO6S2. The van der Waals surface area contributed by atoms with E-state index in [1.807, 2.05) is 0 Å². The van der Waals surface area contributed by atoms with Crippen molar-refractivity contribution in [3.63, 3.8) is 0 Å². The van der Waals surface area contributed by atoms with Crippen LogP contribution in [0.25, 0.3) is 0 Å². The van der Waals surface area contributed by atoms with Crippen molar-refractivity contribution in [2.24, 2.45) is 5.73 Å². The lowest BCUT2D eigenvalue weighted by Gasteiger charge is -2.10.